The number of carbonyl (C=O) groups excluding carboxylic acids is 1. The summed E-state index contributed by atoms with van der Waals surface area (Å²) in [5.41, 5.74) is 1.02. The third-order valence-electron chi connectivity index (χ3n) is 4.92. The molecule has 0 aromatic heterocycles. The molecule has 4 rings (SSSR count). The molecule has 1 atom stereocenters. The molecule has 0 spiro atoms. The molecule has 0 N–H and O–H groups in total. The van der Waals surface area contributed by atoms with E-state index in [0.29, 0.717) is 19.8 Å². The highest BCUT2D eigenvalue weighted by Crippen LogP contribution is 2.38. The van der Waals surface area contributed by atoms with Crippen LogP contribution in [0.2, 0.25) is 0 Å². The number of rotatable bonds is 4. The second-order valence-electron chi connectivity index (χ2n) is 6.72. The molecule has 2 aromatic rings. The molecule has 0 aliphatic carbocycles. The summed E-state index contributed by atoms with van der Waals surface area (Å²) < 4.78 is 30.5. The van der Waals surface area contributed by atoms with Gasteiger partial charge in [0.25, 0.3) is 5.91 Å². The largest absolute Gasteiger partial charge is 0.490 e. The van der Waals surface area contributed by atoms with Crippen LogP contribution in [0.5, 0.6) is 17.2 Å². The van der Waals surface area contributed by atoms with E-state index >= 15 is 0 Å². The minimum Gasteiger partial charge on any atom is -0.490 e. The van der Waals surface area contributed by atoms with Crippen LogP contribution in [0.15, 0.2) is 42.5 Å². The van der Waals surface area contributed by atoms with Gasteiger partial charge in [-0.3, -0.25) is 4.79 Å². The van der Waals surface area contributed by atoms with Crippen molar-refractivity contribution in [3.8, 4) is 17.2 Å². The molecule has 2 heterocycles. The lowest BCUT2D eigenvalue weighted by atomic mass is 10.0. The van der Waals surface area contributed by atoms with Gasteiger partial charge in [0.15, 0.2) is 29.7 Å². The standard InChI is InChI=1S/C21H22FNO4/c22-16-5-1-2-7-18(16)27-14-21(24)23-10-3-6-17(23)15-8-9-19-20(13-15)26-12-4-11-25-19/h1-2,5,7-9,13,17H,3-4,6,10-12,14H2. The first-order valence-corrected chi connectivity index (χ1v) is 9.29. The van der Waals surface area contributed by atoms with Crippen LogP contribution < -0.4 is 14.2 Å². The fourth-order valence-corrected chi connectivity index (χ4v) is 3.58. The van der Waals surface area contributed by atoms with Gasteiger partial charge in [-0.2, -0.15) is 0 Å². The SMILES string of the molecule is O=C(COc1ccccc1F)N1CCCC1c1ccc2c(c1)OCCCO2. The van der Waals surface area contributed by atoms with E-state index in [4.69, 9.17) is 14.2 Å². The molecule has 1 unspecified atom stereocenters. The van der Waals surface area contributed by atoms with Gasteiger partial charge in [-0.25, -0.2) is 4.39 Å². The second kappa shape index (κ2) is 7.86. The van der Waals surface area contributed by atoms with Crippen LogP contribution in [-0.4, -0.2) is 37.2 Å². The number of para-hydroxylation sites is 1. The minimum atomic E-state index is -0.467. The highest BCUT2D eigenvalue weighted by atomic mass is 19.1. The summed E-state index contributed by atoms with van der Waals surface area (Å²) in [4.78, 5) is 14.5. The Hall–Kier alpha value is -2.76. The van der Waals surface area contributed by atoms with Crippen LogP contribution in [-0.2, 0) is 4.79 Å². The zero-order valence-electron chi connectivity index (χ0n) is 15.0. The maximum atomic E-state index is 13.7. The number of likely N-dealkylation sites (tertiary alicyclic amines) is 1. The van der Waals surface area contributed by atoms with Gasteiger partial charge in [0.05, 0.1) is 19.3 Å². The van der Waals surface area contributed by atoms with Gasteiger partial charge in [0, 0.05) is 13.0 Å². The van der Waals surface area contributed by atoms with Gasteiger partial charge in [-0.1, -0.05) is 18.2 Å². The molecule has 2 aliphatic heterocycles. The van der Waals surface area contributed by atoms with Crippen molar-refractivity contribution in [2.24, 2.45) is 0 Å². The quantitative estimate of drug-likeness (QED) is 0.822. The average Bonchev–Trinajstić information content (AvgIpc) is 3.06. The van der Waals surface area contributed by atoms with E-state index in [0.717, 1.165) is 36.3 Å². The third-order valence-corrected chi connectivity index (χ3v) is 4.92. The second-order valence-corrected chi connectivity index (χ2v) is 6.72. The van der Waals surface area contributed by atoms with Crippen molar-refractivity contribution in [2.45, 2.75) is 25.3 Å². The zero-order valence-corrected chi connectivity index (χ0v) is 15.0. The Morgan fingerprint density at radius 2 is 1.93 bits per heavy atom. The van der Waals surface area contributed by atoms with Gasteiger partial charge in [-0.05, 0) is 42.7 Å². The van der Waals surface area contributed by atoms with Crippen LogP contribution in [0.3, 0.4) is 0 Å². The fraction of sp³-hybridized carbons (Fsp3) is 0.381. The highest BCUT2D eigenvalue weighted by molar-refractivity contribution is 5.78. The van der Waals surface area contributed by atoms with Crippen molar-refractivity contribution in [3.05, 3.63) is 53.8 Å². The Morgan fingerprint density at radius 1 is 1.11 bits per heavy atom. The lowest BCUT2D eigenvalue weighted by molar-refractivity contribution is -0.134. The molecule has 1 fully saturated rings. The monoisotopic (exact) mass is 371 g/mol. The summed E-state index contributed by atoms with van der Waals surface area (Å²) in [5, 5.41) is 0. The third kappa shape index (κ3) is 3.84. The van der Waals surface area contributed by atoms with Gasteiger partial charge in [0.1, 0.15) is 0 Å². The zero-order chi connectivity index (χ0) is 18.6. The molecule has 142 valence electrons. The van der Waals surface area contributed by atoms with Gasteiger partial charge in [-0.15, -0.1) is 0 Å². The fourth-order valence-electron chi connectivity index (χ4n) is 3.58. The van der Waals surface area contributed by atoms with Crippen molar-refractivity contribution < 1.29 is 23.4 Å². The molecule has 27 heavy (non-hydrogen) atoms. The van der Waals surface area contributed by atoms with E-state index < -0.39 is 5.82 Å². The molecular weight excluding hydrogens is 349 g/mol. The first-order valence-electron chi connectivity index (χ1n) is 9.29. The summed E-state index contributed by atoms with van der Waals surface area (Å²) in [6.07, 6.45) is 2.65. The molecule has 1 saturated heterocycles. The average molecular weight is 371 g/mol. The number of ether oxygens (including phenoxy) is 3. The Balaban J connectivity index is 1.46. The maximum Gasteiger partial charge on any atom is 0.261 e. The van der Waals surface area contributed by atoms with Crippen molar-refractivity contribution in [1.29, 1.82) is 0 Å². The molecule has 0 saturated carbocycles. The van der Waals surface area contributed by atoms with Gasteiger partial charge >= 0.3 is 0 Å². The molecule has 2 aliphatic rings. The Bertz CT molecular complexity index is 826. The molecule has 0 bridgehead atoms. The number of amides is 1. The van der Waals surface area contributed by atoms with Crippen LogP contribution in [0.4, 0.5) is 4.39 Å². The van der Waals surface area contributed by atoms with E-state index in [1.807, 2.05) is 18.2 Å². The predicted molar refractivity (Wildman–Crippen MR) is 97.6 cm³/mol. The normalized spacial score (nSPS) is 18.9. The maximum absolute atomic E-state index is 13.7. The molecule has 1 amide bonds. The van der Waals surface area contributed by atoms with Crippen molar-refractivity contribution in [1.82, 2.24) is 4.90 Å². The molecular formula is C21H22FNO4. The Kier molecular flexibility index (Phi) is 5.14. The summed E-state index contributed by atoms with van der Waals surface area (Å²) in [6.45, 7) is 1.76. The van der Waals surface area contributed by atoms with Crippen molar-refractivity contribution in [3.63, 3.8) is 0 Å². The lowest BCUT2D eigenvalue weighted by Crippen LogP contribution is -2.34. The van der Waals surface area contributed by atoms with Gasteiger partial charge < -0.3 is 19.1 Å². The van der Waals surface area contributed by atoms with Crippen molar-refractivity contribution >= 4 is 5.91 Å². The lowest BCUT2D eigenvalue weighted by Gasteiger charge is -2.25. The summed E-state index contributed by atoms with van der Waals surface area (Å²) >= 11 is 0. The topological polar surface area (TPSA) is 48.0 Å². The summed E-state index contributed by atoms with van der Waals surface area (Å²) in [7, 11) is 0. The van der Waals surface area contributed by atoms with Crippen molar-refractivity contribution in [2.75, 3.05) is 26.4 Å². The van der Waals surface area contributed by atoms with Crippen LogP contribution in [0, 0.1) is 5.82 Å². The molecule has 6 heteroatoms. The van der Waals surface area contributed by atoms with E-state index in [-0.39, 0.29) is 24.3 Å². The van der Waals surface area contributed by atoms with Crippen LogP contribution >= 0.6 is 0 Å². The van der Waals surface area contributed by atoms with E-state index in [1.54, 1.807) is 17.0 Å². The first kappa shape index (κ1) is 17.6. The number of nitrogens with zero attached hydrogens (tertiary/aromatic N) is 1. The molecule has 0 radical (unpaired) electrons. The summed E-state index contributed by atoms with van der Waals surface area (Å²) in [6, 6.07) is 11.9. The van der Waals surface area contributed by atoms with E-state index in [9.17, 15) is 9.18 Å². The summed E-state index contributed by atoms with van der Waals surface area (Å²) in [5.74, 6) is 0.957. The number of hydrogen-bond acceptors (Lipinski definition) is 4. The van der Waals surface area contributed by atoms with Crippen LogP contribution in [0.25, 0.3) is 0 Å². The van der Waals surface area contributed by atoms with E-state index in [1.165, 1.54) is 12.1 Å². The predicted octanol–water partition coefficient (Wildman–Crippen LogP) is 3.73. The van der Waals surface area contributed by atoms with Gasteiger partial charge in [0.2, 0.25) is 0 Å². The smallest absolute Gasteiger partial charge is 0.261 e. The molecule has 5 nitrogen and oxygen atoms in total. The van der Waals surface area contributed by atoms with E-state index in [2.05, 4.69) is 0 Å². The Morgan fingerprint density at radius 3 is 2.78 bits per heavy atom. The number of fused-ring (bicyclic) bond motifs is 1. The first-order chi connectivity index (χ1) is 13.2. The van der Waals surface area contributed by atoms with Crippen LogP contribution in [0.1, 0.15) is 30.9 Å². The highest BCUT2D eigenvalue weighted by Gasteiger charge is 2.31. The molecule has 2 aromatic carbocycles. The minimum absolute atomic E-state index is 0.0288. The number of carbonyl (C=O) groups is 1. The number of halogens is 1. The number of hydrogen-bond donors (Lipinski definition) is 0. The number of benzene rings is 2. The Labute approximate surface area is 157 Å².